The Hall–Kier alpha value is -3.27. The van der Waals surface area contributed by atoms with Gasteiger partial charge in [-0.3, -0.25) is 9.20 Å². The summed E-state index contributed by atoms with van der Waals surface area (Å²) < 4.78 is 29.7. The number of nitrogens with zero attached hydrogens (tertiary/aromatic N) is 5. The SMILES string of the molecule is Cc1ccc(S(=O)(=O)n2ccc3c2ncc2nnc([C@@H]4CC[C@H](NC(=O)C5CC5)C4)n23)cc1. The van der Waals surface area contributed by atoms with Crippen molar-refractivity contribution in [2.45, 2.75) is 55.9 Å². The largest absolute Gasteiger partial charge is 0.353 e. The van der Waals surface area contributed by atoms with Crippen molar-refractivity contribution in [1.29, 1.82) is 0 Å². The fraction of sp³-hybridized carbons (Fsp3) is 0.391. The van der Waals surface area contributed by atoms with E-state index in [4.69, 9.17) is 0 Å². The highest BCUT2D eigenvalue weighted by atomic mass is 32.2. The normalized spacial score (nSPS) is 21.1. The molecule has 9 nitrogen and oxygen atoms in total. The van der Waals surface area contributed by atoms with Gasteiger partial charge in [0, 0.05) is 24.1 Å². The van der Waals surface area contributed by atoms with Crippen molar-refractivity contribution in [3.8, 4) is 0 Å². The van der Waals surface area contributed by atoms with Crippen LogP contribution in [0.1, 0.15) is 49.4 Å². The van der Waals surface area contributed by atoms with Crippen LogP contribution in [0.25, 0.3) is 16.8 Å². The van der Waals surface area contributed by atoms with Gasteiger partial charge in [0.15, 0.2) is 11.3 Å². The second-order valence-electron chi connectivity index (χ2n) is 9.14. The first-order chi connectivity index (χ1) is 15.9. The van der Waals surface area contributed by atoms with Crippen LogP contribution in [0.5, 0.6) is 0 Å². The molecule has 3 aromatic heterocycles. The molecule has 0 spiro atoms. The van der Waals surface area contributed by atoms with Crippen molar-refractivity contribution in [3.05, 3.63) is 54.1 Å². The lowest BCUT2D eigenvalue weighted by molar-refractivity contribution is -0.122. The van der Waals surface area contributed by atoms with E-state index in [1.54, 1.807) is 36.5 Å². The van der Waals surface area contributed by atoms with Crippen LogP contribution in [0.3, 0.4) is 0 Å². The van der Waals surface area contributed by atoms with Crippen molar-refractivity contribution < 1.29 is 13.2 Å². The summed E-state index contributed by atoms with van der Waals surface area (Å²) in [5.41, 5.74) is 2.55. The third-order valence-corrected chi connectivity index (χ3v) is 8.41. The molecule has 0 aliphatic heterocycles. The molecule has 2 aliphatic rings. The molecule has 2 fully saturated rings. The van der Waals surface area contributed by atoms with E-state index in [9.17, 15) is 13.2 Å². The van der Waals surface area contributed by atoms with Crippen LogP contribution in [0.2, 0.25) is 0 Å². The molecular formula is C23H24N6O3S. The zero-order valence-electron chi connectivity index (χ0n) is 18.2. The Labute approximate surface area is 190 Å². The molecule has 2 aliphatic carbocycles. The first-order valence-electron chi connectivity index (χ1n) is 11.3. The van der Waals surface area contributed by atoms with Gasteiger partial charge < -0.3 is 5.32 Å². The molecule has 6 rings (SSSR count). The van der Waals surface area contributed by atoms with E-state index in [-0.39, 0.29) is 28.7 Å². The lowest BCUT2D eigenvalue weighted by atomic mass is 10.1. The number of amides is 1. The number of nitrogens with one attached hydrogen (secondary N) is 1. The molecule has 1 aromatic carbocycles. The Morgan fingerprint density at radius 2 is 1.85 bits per heavy atom. The highest BCUT2D eigenvalue weighted by Gasteiger charge is 2.35. The van der Waals surface area contributed by atoms with E-state index in [0.717, 1.165) is 43.5 Å². The minimum Gasteiger partial charge on any atom is -0.353 e. The van der Waals surface area contributed by atoms with Gasteiger partial charge >= 0.3 is 0 Å². The third kappa shape index (κ3) is 3.40. The lowest BCUT2D eigenvalue weighted by Gasteiger charge is -2.13. The number of hydrogen-bond acceptors (Lipinski definition) is 6. The van der Waals surface area contributed by atoms with Crippen molar-refractivity contribution in [1.82, 2.24) is 28.9 Å². The smallest absolute Gasteiger partial charge is 0.269 e. The number of aryl methyl sites for hydroxylation is 1. The molecule has 33 heavy (non-hydrogen) atoms. The van der Waals surface area contributed by atoms with Gasteiger partial charge in [-0.1, -0.05) is 17.7 Å². The van der Waals surface area contributed by atoms with E-state index < -0.39 is 10.0 Å². The first-order valence-corrected chi connectivity index (χ1v) is 12.7. The summed E-state index contributed by atoms with van der Waals surface area (Å²) in [4.78, 5) is 16.8. The van der Waals surface area contributed by atoms with Crippen LogP contribution in [-0.2, 0) is 14.8 Å². The summed E-state index contributed by atoms with van der Waals surface area (Å²) in [6.45, 7) is 1.91. The van der Waals surface area contributed by atoms with E-state index in [2.05, 4.69) is 20.5 Å². The predicted molar refractivity (Wildman–Crippen MR) is 121 cm³/mol. The maximum atomic E-state index is 13.3. The molecule has 0 saturated heterocycles. The summed E-state index contributed by atoms with van der Waals surface area (Å²) in [5.74, 6) is 1.27. The van der Waals surface area contributed by atoms with Gasteiger partial charge in [0.2, 0.25) is 5.91 Å². The minimum atomic E-state index is -3.79. The van der Waals surface area contributed by atoms with E-state index in [0.29, 0.717) is 16.8 Å². The van der Waals surface area contributed by atoms with Crippen LogP contribution < -0.4 is 5.32 Å². The van der Waals surface area contributed by atoms with E-state index >= 15 is 0 Å². The number of aromatic nitrogens is 5. The van der Waals surface area contributed by atoms with Gasteiger partial charge in [-0.05, 0) is 57.2 Å². The number of hydrogen-bond donors (Lipinski definition) is 1. The molecule has 0 unspecified atom stereocenters. The maximum absolute atomic E-state index is 13.3. The second kappa shape index (κ2) is 7.38. The summed E-state index contributed by atoms with van der Waals surface area (Å²) >= 11 is 0. The zero-order chi connectivity index (χ0) is 22.7. The molecular weight excluding hydrogens is 440 g/mol. The van der Waals surface area contributed by atoms with Crippen molar-refractivity contribution in [2.24, 2.45) is 5.92 Å². The van der Waals surface area contributed by atoms with Crippen LogP contribution in [0, 0.1) is 12.8 Å². The van der Waals surface area contributed by atoms with Gasteiger partial charge in [0.1, 0.15) is 5.82 Å². The van der Waals surface area contributed by atoms with Crippen molar-refractivity contribution in [2.75, 3.05) is 0 Å². The van der Waals surface area contributed by atoms with Crippen LogP contribution in [0.4, 0.5) is 0 Å². The number of carbonyl (C=O) groups excluding carboxylic acids is 1. The first kappa shape index (κ1) is 20.3. The molecule has 4 aromatic rings. The molecule has 3 heterocycles. The van der Waals surface area contributed by atoms with Crippen LogP contribution in [-0.4, -0.2) is 43.9 Å². The molecule has 1 N–H and O–H groups in total. The Morgan fingerprint density at radius 1 is 1.06 bits per heavy atom. The molecule has 1 amide bonds. The Morgan fingerprint density at radius 3 is 2.61 bits per heavy atom. The summed E-state index contributed by atoms with van der Waals surface area (Å²) in [7, 11) is -3.79. The highest BCUT2D eigenvalue weighted by molar-refractivity contribution is 7.90. The fourth-order valence-electron chi connectivity index (χ4n) is 4.75. The fourth-order valence-corrected chi connectivity index (χ4v) is 6.04. The van der Waals surface area contributed by atoms with E-state index in [1.165, 1.54) is 10.2 Å². The lowest BCUT2D eigenvalue weighted by Crippen LogP contribution is -2.33. The molecule has 0 bridgehead atoms. The van der Waals surface area contributed by atoms with Gasteiger partial charge in [-0.15, -0.1) is 10.2 Å². The topological polar surface area (TPSA) is 111 Å². The van der Waals surface area contributed by atoms with Gasteiger partial charge in [-0.2, -0.15) is 0 Å². The standard InChI is InChI=1S/C23H24N6O3S/c1-14-2-8-18(9-3-14)33(31,32)28-11-10-19-22(28)24-13-20-26-27-21(29(19)20)16-6-7-17(12-16)25-23(30)15-4-5-15/h2-3,8-11,13,15-17H,4-7,12H2,1H3,(H,25,30)/t16-,17+/m1/s1. The number of carbonyl (C=O) groups is 1. The van der Waals surface area contributed by atoms with Gasteiger partial charge in [0.25, 0.3) is 10.0 Å². The van der Waals surface area contributed by atoms with Crippen molar-refractivity contribution in [3.63, 3.8) is 0 Å². The minimum absolute atomic E-state index is 0.132. The maximum Gasteiger partial charge on any atom is 0.269 e. The summed E-state index contributed by atoms with van der Waals surface area (Å²) in [6.07, 6.45) is 7.66. The Bertz CT molecular complexity index is 1480. The second-order valence-corrected chi connectivity index (χ2v) is 11.0. The molecule has 2 saturated carbocycles. The molecule has 2 atom stereocenters. The summed E-state index contributed by atoms with van der Waals surface area (Å²) in [6, 6.07) is 8.65. The highest BCUT2D eigenvalue weighted by Crippen LogP contribution is 2.36. The van der Waals surface area contributed by atoms with Crippen LogP contribution in [0.15, 0.2) is 47.6 Å². The number of benzene rings is 1. The third-order valence-electron chi connectivity index (χ3n) is 6.73. The molecule has 10 heteroatoms. The Balaban J connectivity index is 1.37. The van der Waals surface area contributed by atoms with Crippen molar-refractivity contribution >= 4 is 32.7 Å². The van der Waals surface area contributed by atoms with Gasteiger partial charge in [0.05, 0.1) is 16.6 Å². The Kier molecular flexibility index (Phi) is 4.55. The number of fused-ring (bicyclic) bond motifs is 3. The number of rotatable bonds is 5. The van der Waals surface area contributed by atoms with Crippen LogP contribution >= 0.6 is 0 Å². The molecule has 0 radical (unpaired) electrons. The molecule has 170 valence electrons. The summed E-state index contributed by atoms with van der Waals surface area (Å²) in [5, 5.41) is 11.9. The predicted octanol–water partition coefficient (Wildman–Crippen LogP) is 2.79. The van der Waals surface area contributed by atoms with Gasteiger partial charge in [-0.25, -0.2) is 17.4 Å². The quantitative estimate of drug-likeness (QED) is 0.486. The average Bonchev–Trinajstić information content (AvgIpc) is 3.18. The van der Waals surface area contributed by atoms with E-state index in [1.807, 2.05) is 11.3 Å². The average molecular weight is 465 g/mol. The monoisotopic (exact) mass is 464 g/mol. The zero-order valence-corrected chi connectivity index (χ0v) is 19.0.